The van der Waals surface area contributed by atoms with E-state index < -0.39 is 0 Å². The molecule has 1 heterocycles. The molecule has 1 aromatic heterocycles. The fraction of sp³-hybridized carbons (Fsp3) is 0.684. The van der Waals surface area contributed by atoms with Gasteiger partial charge in [0.2, 0.25) is 0 Å². The lowest BCUT2D eigenvalue weighted by molar-refractivity contribution is 0.243. The van der Waals surface area contributed by atoms with E-state index in [0.717, 1.165) is 43.3 Å². The van der Waals surface area contributed by atoms with Crippen molar-refractivity contribution in [1.82, 2.24) is 15.6 Å². The van der Waals surface area contributed by atoms with E-state index in [1.165, 1.54) is 0 Å². The fourth-order valence-electron chi connectivity index (χ4n) is 2.86. The van der Waals surface area contributed by atoms with Crippen molar-refractivity contribution in [2.45, 2.75) is 40.2 Å². The van der Waals surface area contributed by atoms with E-state index in [2.05, 4.69) is 42.5 Å². The molecule has 0 fully saturated rings. The van der Waals surface area contributed by atoms with Crippen LogP contribution in [-0.4, -0.2) is 49.8 Å². The van der Waals surface area contributed by atoms with Crippen molar-refractivity contribution in [3.05, 3.63) is 23.9 Å². The number of pyridine rings is 1. The molecule has 1 atom stereocenters. The maximum atomic E-state index is 9.27. The summed E-state index contributed by atoms with van der Waals surface area (Å²) >= 11 is 0. The van der Waals surface area contributed by atoms with Gasteiger partial charge in [-0.3, -0.25) is 0 Å². The third-order valence-electron chi connectivity index (χ3n) is 3.94. The standard InChI is InChI=1S/C19H35N5O.HI/c1-6-20-19(22-13-16(9-11-25)12-15(2)3)23-14-17-8-7-10-21-18(17)24(4)5;/h7-8,10,15-16,25H,6,9,11-14H2,1-5H3,(H2,20,22,23);1H. The Morgan fingerprint density at radius 3 is 2.62 bits per heavy atom. The zero-order valence-electron chi connectivity index (χ0n) is 16.8. The molecule has 0 aliphatic heterocycles. The fourth-order valence-corrected chi connectivity index (χ4v) is 2.86. The van der Waals surface area contributed by atoms with Crippen molar-refractivity contribution >= 4 is 35.8 Å². The van der Waals surface area contributed by atoms with E-state index in [1.54, 1.807) is 6.20 Å². The predicted octanol–water partition coefficient (Wildman–Crippen LogP) is 2.87. The van der Waals surface area contributed by atoms with Gasteiger partial charge in [0, 0.05) is 45.6 Å². The summed E-state index contributed by atoms with van der Waals surface area (Å²) < 4.78 is 0. The lowest BCUT2D eigenvalue weighted by Crippen LogP contribution is -2.40. The van der Waals surface area contributed by atoms with Gasteiger partial charge in [0.15, 0.2) is 5.96 Å². The third-order valence-corrected chi connectivity index (χ3v) is 3.94. The molecule has 0 aliphatic carbocycles. The number of guanidine groups is 1. The number of aromatic nitrogens is 1. The number of rotatable bonds is 10. The molecule has 0 aliphatic rings. The molecule has 0 spiro atoms. The van der Waals surface area contributed by atoms with E-state index in [9.17, 15) is 5.11 Å². The quantitative estimate of drug-likeness (QED) is 0.275. The number of nitrogens with one attached hydrogen (secondary N) is 2. The van der Waals surface area contributed by atoms with Crippen LogP contribution in [0.2, 0.25) is 0 Å². The van der Waals surface area contributed by atoms with Gasteiger partial charge in [0.05, 0.1) is 6.54 Å². The summed E-state index contributed by atoms with van der Waals surface area (Å²) in [6, 6.07) is 4.00. The van der Waals surface area contributed by atoms with Gasteiger partial charge >= 0.3 is 0 Å². The van der Waals surface area contributed by atoms with Gasteiger partial charge in [-0.05, 0) is 37.7 Å². The number of aliphatic imine (C=N–C) groups is 1. The van der Waals surface area contributed by atoms with Crippen LogP contribution in [0.15, 0.2) is 23.3 Å². The largest absolute Gasteiger partial charge is 0.396 e. The van der Waals surface area contributed by atoms with Gasteiger partial charge in [-0.2, -0.15) is 0 Å². The molecule has 7 heteroatoms. The van der Waals surface area contributed by atoms with Crippen LogP contribution in [0.5, 0.6) is 0 Å². The van der Waals surface area contributed by atoms with Gasteiger partial charge in [0.25, 0.3) is 0 Å². The Morgan fingerprint density at radius 2 is 2.04 bits per heavy atom. The average molecular weight is 477 g/mol. The van der Waals surface area contributed by atoms with E-state index in [4.69, 9.17) is 4.99 Å². The van der Waals surface area contributed by atoms with Crippen molar-refractivity contribution in [2.24, 2.45) is 16.8 Å². The molecule has 1 rings (SSSR count). The van der Waals surface area contributed by atoms with Crippen LogP contribution >= 0.6 is 24.0 Å². The smallest absolute Gasteiger partial charge is 0.191 e. The Balaban J connectivity index is 0.00000625. The molecular weight excluding hydrogens is 441 g/mol. The molecule has 1 aromatic rings. The number of halogens is 1. The summed E-state index contributed by atoms with van der Waals surface area (Å²) in [5, 5.41) is 16.0. The molecule has 26 heavy (non-hydrogen) atoms. The summed E-state index contributed by atoms with van der Waals surface area (Å²) in [5.41, 5.74) is 1.10. The van der Waals surface area contributed by atoms with Gasteiger partial charge < -0.3 is 20.6 Å². The van der Waals surface area contributed by atoms with Crippen LogP contribution in [-0.2, 0) is 6.54 Å². The van der Waals surface area contributed by atoms with Crippen molar-refractivity contribution in [3.63, 3.8) is 0 Å². The van der Waals surface area contributed by atoms with E-state index >= 15 is 0 Å². The van der Waals surface area contributed by atoms with E-state index in [0.29, 0.717) is 18.4 Å². The second-order valence-corrected chi connectivity index (χ2v) is 6.96. The highest BCUT2D eigenvalue weighted by atomic mass is 127. The number of anilines is 1. The first kappa shape index (κ1) is 24.9. The number of hydrogen-bond acceptors (Lipinski definition) is 4. The van der Waals surface area contributed by atoms with Gasteiger partial charge in [-0.15, -0.1) is 24.0 Å². The van der Waals surface area contributed by atoms with Crippen molar-refractivity contribution in [2.75, 3.05) is 38.7 Å². The topological polar surface area (TPSA) is 72.8 Å². The van der Waals surface area contributed by atoms with Gasteiger partial charge in [-0.25, -0.2) is 9.98 Å². The molecule has 0 bridgehead atoms. The molecule has 1 unspecified atom stereocenters. The first-order valence-electron chi connectivity index (χ1n) is 9.22. The number of hydrogen-bond donors (Lipinski definition) is 3. The Labute approximate surface area is 175 Å². The lowest BCUT2D eigenvalue weighted by Gasteiger charge is -2.20. The number of aliphatic hydroxyl groups is 1. The maximum Gasteiger partial charge on any atom is 0.191 e. The lowest BCUT2D eigenvalue weighted by atomic mass is 9.94. The highest BCUT2D eigenvalue weighted by Crippen LogP contribution is 2.16. The van der Waals surface area contributed by atoms with Crippen molar-refractivity contribution in [1.29, 1.82) is 0 Å². The summed E-state index contributed by atoms with van der Waals surface area (Å²) in [7, 11) is 3.98. The number of nitrogens with zero attached hydrogens (tertiary/aromatic N) is 3. The zero-order valence-corrected chi connectivity index (χ0v) is 19.2. The Morgan fingerprint density at radius 1 is 1.31 bits per heavy atom. The first-order valence-corrected chi connectivity index (χ1v) is 9.22. The Kier molecular flexibility index (Phi) is 13.4. The normalized spacial score (nSPS) is 12.5. The van der Waals surface area contributed by atoms with Crippen LogP contribution in [0.25, 0.3) is 0 Å². The Bertz CT molecular complexity index is 522. The summed E-state index contributed by atoms with van der Waals surface area (Å²) in [4.78, 5) is 11.1. The molecule has 0 saturated carbocycles. The molecule has 0 saturated heterocycles. The molecular formula is C19H36IN5O. The van der Waals surface area contributed by atoms with Gasteiger partial charge in [0.1, 0.15) is 5.82 Å². The maximum absolute atomic E-state index is 9.27. The monoisotopic (exact) mass is 477 g/mol. The minimum atomic E-state index is 0. The average Bonchev–Trinajstić information content (AvgIpc) is 2.57. The highest BCUT2D eigenvalue weighted by Gasteiger charge is 2.12. The molecule has 0 radical (unpaired) electrons. The summed E-state index contributed by atoms with van der Waals surface area (Å²) in [6.45, 7) is 8.93. The SMILES string of the molecule is CCNC(=NCc1cccnc1N(C)C)NCC(CCO)CC(C)C.I. The third kappa shape index (κ3) is 9.56. The zero-order chi connectivity index (χ0) is 18.7. The second kappa shape index (κ2) is 14.0. The molecule has 3 N–H and O–H groups in total. The molecule has 6 nitrogen and oxygen atoms in total. The Hall–Kier alpha value is -1.09. The van der Waals surface area contributed by atoms with E-state index in [-0.39, 0.29) is 30.6 Å². The summed E-state index contributed by atoms with van der Waals surface area (Å²) in [5.74, 6) is 2.82. The van der Waals surface area contributed by atoms with Crippen molar-refractivity contribution in [3.8, 4) is 0 Å². The summed E-state index contributed by atoms with van der Waals surface area (Å²) in [6.07, 6.45) is 3.72. The predicted molar refractivity (Wildman–Crippen MR) is 121 cm³/mol. The number of aliphatic hydroxyl groups excluding tert-OH is 1. The molecule has 150 valence electrons. The highest BCUT2D eigenvalue weighted by molar-refractivity contribution is 14.0. The van der Waals surface area contributed by atoms with Crippen molar-refractivity contribution < 1.29 is 5.11 Å². The van der Waals surface area contributed by atoms with Crippen LogP contribution < -0.4 is 15.5 Å². The second-order valence-electron chi connectivity index (χ2n) is 6.96. The van der Waals surface area contributed by atoms with Gasteiger partial charge in [-0.1, -0.05) is 19.9 Å². The van der Waals surface area contributed by atoms with E-state index in [1.807, 2.05) is 25.1 Å². The van der Waals surface area contributed by atoms with Crippen LogP contribution in [0.4, 0.5) is 5.82 Å². The first-order chi connectivity index (χ1) is 12.0. The minimum absolute atomic E-state index is 0. The van der Waals surface area contributed by atoms with Crippen LogP contribution in [0.3, 0.4) is 0 Å². The minimum Gasteiger partial charge on any atom is -0.396 e. The molecule has 0 aromatic carbocycles. The van der Waals surface area contributed by atoms with Crippen LogP contribution in [0.1, 0.15) is 39.2 Å². The van der Waals surface area contributed by atoms with Crippen LogP contribution in [0, 0.1) is 11.8 Å². The molecule has 0 amide bonds.